The van der Waals surface area contributed by atoms with Crippen molar-refractivity contribution in [3.8, 4) is 11.5 Å². The summed E-state index contributed by atoms with van der Waals surface area (Å²) in [7, 11) is 1.53. The molecular formula is C15H21BrN2O3. The fourth-order valence-electron chi connectivity index (χ4n) is 2.47. The number of carbonyl (C=O) groups excluding carboxylic acids is 1. The molecule has 1 aromatic carbocycles. The van der Waals surface area contributed by atoms with Gasteiger partial charge in [-0.05, 0) is 47.0 Å². The van der Waals surface area contributed by atoms with E-state index in [1.807, 2.05) is 11.0 Å². The molecule has 6 heteroatoms. The molecule has 0 radical (unpaired) electrons. The van der Waals surface area contributed by atoms with Gasteiger partial charge in [0, 0.05) is 32.1 Å². The van der Waals surface area contributed by atoms with E-state index in [0.717, 1.165) is 25.1 Å². The minimum atomic E-state index is 0.108. The molecular weight excluding hydrogens is 336 g/mol. The summed E-state index contributed by atoms with van der Waals surface area (Å²) in [4.78, 5) is 13.5. The van der Waals surface area contributed by atoms with Crippen LogP contribution in [-0.2, 0) is 11.3 Å². The number of ether oxygens (including phenoxy) is 1. The highest BCUT2D eigenvalue weighted by molar-refractivity contribution is 9.10. The van der Waals surface area contributed by atoms with Gasteiger partial charge in [0.15, 0.2) is 11.5 Å². The largest absolute Gasteiger partial charge is 0.503 e. The molecule has 1 aliphatic rings. The summed E-state index contributed by atoms with van der Waals surface area (Å²) in [6.45, 7) is 4.31. The Bertz CT molecular complexity index is 522. The Morgan fingerprint density at radius 3 is 2.90 bits per heavy atom. The van der Waals surface area contributed by atoms with Gasteiger partial charge in [0.25, 0.3) is 0 Å². The van der Waals surface area contributed by atoms with Gasteiger partial charge in [0.2, 0.25) is 5.91 Å². The molecule has 1 aromatic rings. The zero-order valence-electron chi connectivity index (χ0n) is 12.4. The Hall–Kier alpha value is -1.27. The molecule has 2 N–H and O–H groups in total. The minimum absolute atomic E-state index is 0.108. The average molecular weight is 357 g/mol. The molecule has 5 nitrogen and oxygen atoms in total. The third-order valence-electron chi connectivity index (χ3n) is 3.63. The van der Waals surface area contributed by atoms with Crippen LogP contribution in [0, 0.1) is 0 Å². The van der Waals surface area contributed by atoms with E-state index in [2.05, 4.69) is 28.2 Å². The Morgan fingerprint density at radius 2 is 2.29 bits per heavy atom. The van der Waals surface area contributed by atoms with Gasteiger partial charge in [-0.1, -0.05) is 0 Å². The summed E-state index contributed by atoms with van der Waals surface area (Å²) in [5.41, 5.74) is 1.01. The van der Waals surface area contributed by atoms with Crippen LogP contribution in [0.15, 0.2) is 16.6 Å². The molecule has 0 bridgehead atoms. The maximum atomic E-state index is 11.6. The predicted octanol–water partition coefficient (Wildman–Crippen LogP) is 2.26. The summed E-state index contributed by atoms with van der Waals surface area (Å²) in [5, 5.41) is 13.2. The van der Waals surface area contributed by atoms with Crippen molar-refractivity contribution in [2.75, 3.05) is 20.2 Å². The average Bonchev–Trinajstić information content (AvgIpc) is 2.85. The zero-order valence-corrected chi connectivity index (χ0v) is 13.9. The summed E-state index contributed by atoms with van der Waals surface area (Å²) in [6, 6.07) is 3.88. The van der Waals surface area contributed by atoms with Gasteiger partial charge in [-0.15, -0.1) is 0 Å². The number of methoxy groups -OCH3 is 1. The molecule has 0 spiro atoms. The first kappa shape index (κ1) is 16.1. The highest BCUT2D eigenvalue weighted by atomic mass is 79.9. The van der Waals surface area contributed by atoms with E-state index in [4.69, 9.17) is 4.74 Å². The van der Waals surface area contributed by atoms with Gasteiger partial charge in [-0.2, -0.15) is 0 Å². The molecule has 1 unspecified atom stereocenters. The van der Waals surface area contributed by atoms with Crippen molar-refractivity contribution >= 4 is 21.8 Å². The van der Waals surface area contributed by atoms with Crippen molar-refractivity contribution < 1.29 is 14.6 Å². The molecule has 1 fully saturated rings. The van der Waals surface area contributed by atoms with E-state index in [1.165, 1.54) is 7.11 Å². The van der Waals surface area contributed by atoms with E-state index in [1.54, 1.807) is 6.07 Å². The van der Waals surface area contributed by atoms with Crippen molar-refractivity contribution in [3.05, 3.63) is 22.2 Å². The van der Waals surface area contributed by atoms with Crippen LogP contribution in [0.2, 0.25) is 0 Å². The van der Waals surface area contributed by atoms with Crippen molar-refractivity contribution in [2.24, 2.45) is 0 Å². The minimum Gasteiger partial charge on any atom is -0.503 e. The van der Waals surface area contributed by atoms with Crippen LogP contribution in [0.3, 0.4) is 0 Å². The number of carbonyl (C=O) groups is 1. The maximum Gasteiger partial charge on any atom is 0.222 e. The molecule has 0 aliphatic carbocycles. The van der Waals surface area contributed by atoms with Gasteiger partial charge in [0.1, 0.15) is 0 Å². The lowest BCUT2D eigenvalue weighted by molar-refractivity contribution is -0.127. The van der Waals surface area contributed by atoms with Crippen LogP contribution in [0.5, 0.6) is 11.5 Å². The Kier molecular flexibility index (Phi) is 5.47. The summed E-state index contributed by atoms with van der Waals surface area (Å²) in [6.07, 6.45) is 1.64. The second kappa shape index (κ2) is 7.13. The van der Waals surface area contributed by atoms with Crippen molar-refractivity contribution in [1.82, 2.24) is 10.2 Å². The SMILES string of the molecule is COc1cc(CNC(C)CN2CCCC2=O)cc(Br)c1O. The number of phenolic OH excluding ortho intramolecular Hbond substituents is 1. The molecule has 21 heavy (non-hydrogen) atoms. The highest BCUT2D eigenvalue weighted by Crippen LogP contribution is 2.35. The van der Waals surface area contributed by atoms with E-state index >= 15 is 0 Å². The van der Waals surface area contributed by atoms with Gasteiger partial charge in [0.05, 0.1) is 11.6 Å². The number of halogens is 1. The summed E-state index contributed by atoms with van der Waals surface area (Å²) in [5.74, 6) is 0.804. The zero-order chi connectivity index (χ0) is 15.4. The van der Waals surface area contributed by atoms with Crippen LogP contribution in [0.4, 0.5) is 0 Å². The number of nitrogens with one attached hydrogen (secondary N) is 1. The number of likely N-dealkylation sites (tertiary alicyclic amines) is 1. The van der Waals surface area contributed by atoms with Crippen LogP contribution >= 0.6 is 15.9 Å². The lowest BCUT2D eigenvalue weighted by Gasteiger charge is -2.22. The quantitative estimate of drug-likeness (QED) is 0.820. The van der Waals surface area contributed by atoms with Crippen molar-refractivity contribution in [2.45, 2.75) is 32.4 Å². The smallest absolute Gasteiger partial charge is 0.222 e. The second-order valence-electron chi connectivity index (χ2n) is 5.35. The molecule has 1 aliphatic heterocycles. The first-order chi connectivity index (χ1) is 10.0. The molecule has 0 aromatic heterocycles. The number of hydrogen-bond acceptors (Lipinski definition) is 4. The van der Waals surface area contributed by atoms with Crippen LogP contribution in [0.1, 0.15) is 25.3 Å². The third kappa shape index (κ3) is 4.11. The molecule has 1 amide bonds. The van der Waals surface area contributed by atoms with Crippen molar-refractivity contribution in [1.29, 1.82) is 0 Å². The molecule has 116 valence electrons. The van der Waals surface area contributed by atoms with Gasteiger partial charge < -0.3 is 20.1 Å². The molecule has 0 saturated carbocycles. The first-order valence-electron chi connectivity index (χ1n) is 7.07. The lowest BCUT2D eigenvalue weighted by atomic mass is 10.2. The number of benzene rings is 1. The van der Waals surface area contributed by atoms with E-state index < -0.39 is 0 Å². The lowest BCUT2D eigenvalue weighted by Crippen LogP contribution is -2.39. The van der Waals surface area contributed by atoms with E-state index in [-0.39, 0.29) is 17.7 Å². The Morgan fingerprint density at radius 1 is 1.52 bits per heavy atom. The Labute approximate surface area is 133 Å². The first-order valence-corrected chi connectivity index (χ1v) is 7.87. The number of nitrogens with zero attached hydrogens (tertiary/aromatic N) is 1. The van der Waals surface area contributed by atoms with Crippen LogP contribution < -0.4 is 10.1 Å². The van der Waals surface area contributed by atoms with Gasteiger partial charge in [-0.3, -0.25) is 4.79 Å². The standard InChI is InChI=1S/C15H21BrN2O3/c1-10(9-18-5-3-4-14(18)19)17-8-11-6-12(16)15(20)13(7-11)21-2/h6-7,10,17,20H,3-5,8-9H2,1-2H3. The number of phenols is 1. The fourth-order valence-corrected chi connectivity index (χ4v) is 2.96. The molecule has 2 rings (SSSR count). The van der Waals surface area contributed by atoms with E-state index in [9.17, 15) is 9.90 Å². The molecule has 1 atom stereocenters. The molecule has 1 heterocycles. The predicted molar refractivity (Wildman–Crippen MR) is 84.5 cm³/mol. The number of amides is 1. The van der Waals surface area contributed by atoms with Crippen LogP contribution in [0.25, 0.3) is 0 Å². The Balaban J connectivity index is 1.90. The topological polar surface area (TPSA) is 61.8 Å². The van der Waals surface area contributed by atoms with E-state index in [0.29, 0.717) is 23.2 Å². The summed E-state index contributed by atoms with van der Waals surface area (Å²) >= 11 is 3.31. The monoisotopic (exact) mass is 356 g/mol. The third-order valence-corrected chi connectivity index (χ3v) is 4.23. The van der Waals surface area contributed by atoms with Gasteiger partial charge >= 0.3 is 0 Å². The summed E-state index contributed by atoms with van der Waals surface area (Å²) < 4.78 is 5.75. The van der Waals surface area contributed by atoms with Crippen molar-refractivity contribution in [3.63, 3.8) is 0 Å². The molecule has 1 saturated heterocycles. The second-order valence-corrected chi connectivity index (χ2v) is 6.21. The number of rotatable bonds is 6. The van der Waals surface area contributed by atoms with Gasteiger partial charge in [-0.25, -0.2) is 0 Å². The fraction of sp³-hybridized carbons (Fsp3) is 0.533. The maximum absolute atomic E-state index is 11.6. The van der Waals surface area contributed by atoms with Crippen LogP contribution in [-0.4, -0.2) is 42.2 Å². The number of hydrogen-bond donors (Lipinski definition) is 2. The number of aromatic hydroxyl groups is 1. The highest BCUT2D eigenvalue weighted by Gasteiger charge is 2.21. The normalized spacial score (nSPS) is 16.3.